The van der Waals surface area contributed by atoms with Crippen LogP contribution in [0.2, 0.25) is 0 Å². The predicted molar refractivity (Wildman–Crippen MR) is 121 cm³/mol. The highest BCUT2D eigenvalue weighted by Gasteiger charge is 2.29. The van der Waals surface area contributed by atoms with E-state index in [0.717, 1.165) is 13.0 Å². The second-order valence-electron chi connectivity index (χ2n) is 9.28. The van der Waals surface area contributed by atoms with Crippen LogP contribution in [0.25, 0.3) is 0 Å². The number of anilines is 3. The first-order valence-electron chi connectivity index (χ1n) is 11.6. The third-order valence-corrected chi connectivity index (χ3v) is 6.79. The second-order valence-corrected chi connectivity index (χ2v) is 9.28. The summed E-state index contributed by atoms with van der Waals surface area (Å²) < 4.78 is 5.84. The number of rotatable bonds is 7. The molecule has 3 heterocycles. The summed E-state index contributed by atoms with van der Waals surface area (Å²) in [5.74, 6) is 1.93. The number of likely N-dealkylation sites (tertiary alicyclic amines) is 1. The zero-order valence-electron chi connectivity index (χ0n) is 18.1. The van der Waals surface area contributed by atoms with Gasteiger partial charge in [-0.2, -0.15) is 9.97 Å². The summed E-state index contributed by atoms with van der Waals surface area (Å²) in [4.78, 5) is 25.8. The van der Waals surface area contributed by atoms with E-state index in [-0.39, 0.29) is 18.3 Å². The van der Waals surface area contributed by atoms with Gasteiger partial charge in [-0.25, -0.2) is 0 Å². The Balaban J connectivity index is 1.29. The van der Waals surface area contributed by atoms with Crippen molar-refractivity contribution in [1.82, 2.24) is 14.9 Å². The molecule has 1 unspecified atom stereocenters. The lowest BCUT2D eigenvalue weighted by molar-refractivity contribution is -0.115. The Kier molecular flexibility index (Phi) is 5.80. The van der Waals surface area contributed by atoms with Crippen LogP contribution in [0, 0.1) is 11.8 Å². The highest BCUT2D eigenvalue weighted by Crippen LogP contribution is 2.35. The highest BCUT2D eigenvalue weighted by molar-refractivity contribution is 6.03. The molecule has 3 N–H and O–H groups in total. The summed E-state index contributed by atoms with van der Waals surface area (Å²) in [6.45, 7) is 5.06. The maximum Gasteiger partial charge on any atom is 0.320 e. The topological polar surface area (TPSA) is 96.6 Å². The molecular formula is C23H32N6O2. The number of nitrogens with zero attached hydrogens (tertiary/aromatic N) is 4. The Morgan fingerprint density at radius 1 is 1.19 bits per heavy atom. The van der Waals surface area contributed by atoms with E-state index in [4.69, 9.17) is 10.5 Å². The first kappa shape index (κ1) is 20.3. The molecule has 8 heteroatoms. The van der Waals surface area contributed by atoms with Gasteiger partial charge < -0.3 is 25.6 Å². The summed E-state index contributed by atoms with van der Waals surface area (Å²) in [5, 5.41) is 2.84. The molecule has 1 saturated carbocycles. The number of carbonyl (C=O) groups excluding carboxylic acids is 1. The maximum absolute atomic E-state index is 12.3. The fraction of sp³-hybridized carbons (Fsp3) is 0.609. The van der Waals surface area contributed by atoms with E-state index in [0.29, 0.717) is 42.5 Å². The number of aromatic nitrogens is 2. The van der Waals surface area contributed by atoms with Gasteiger partial charge in [0, 0.05) is 13.1 Å². The molecule has 1 saturated heterocycles. The molecule has 2 aliphatic heterocycles. The largest absolute Gasteiger partial charge is 0.463 e. The van der Waals surface area contributed by atoms with Gasteiger partial charge in [-0.05, 0) is 57.0 Å². The van der Waals surface area contributed by atoms with E-state index >= 15 is 0 Å². The quantitative estimate of drug-likeness (QED) is 0.694. The standard InChI is InChI=1S/C23H32N6O2/c24-21-20-22(27-23(26-21)31-15-16-5-3-6-16)29(14-19(30)25-20)13-18-8-4-7-17(11-18)12-28-9-1-2-10-28/h4,7-8,16-17H,1-3,5-6,9-15H2,(H,25,30)(H2,24,26,27). The van der Waals surface area contributed by atoms with Crippen molar-refractivity contribution in [2.45, 2.75) is 38.5 Å². The molecule has 1 atom stereocenters. The zero-order valence-corrected chi connectivity index (χ0v) is 18.1. The van der Waals surface area contributed by atoms with Crippen molar-refractivity contribution in [3.63, 3.8) is 0 Å². The Bertz CT molecular complexity index is 888. The van der Waals surface area contributed by atoms with Crippen molar-refractivity contribution in [3.8, 4) is 6.01 Å². The van der Waals surface area contributed by atoms with E-state index in [1.54, 1.807) is 0 Å². The molecule has 1 amide bonds. The van der Waals surface area contributed by atoms with E-state index in [2.05, 4.69) is 38.4 Å². The van der Waals surface area contributed by atoms with Gasteiger partial charge >= 0.3 is 6.01 Å². The van der Waals surface area contributed by atoms with Gasteiger partial charge in [-0.15, -0.1) is 0 Å². The molecule has 0 radical (unpaired) electrons. The number of carbonyl (C=O) groups is 1. The van der Waals surface area contributed by atoms with E-state index in [1.807, 2.05) is 4.90 Å². The van der Waals surface area contributed by atoms with Crippen molar-refractivity contribution in [2.24, 2.45) is 11.8 Å². The van der Waals surface area contributed by atoms with Crippen molar-refractivity contribution in [2.75, 3.05) is 55.3 Å². The minimum atomic E-state index is -0.0912. The van der Waals surface area contributed by atoms with Crippen LogP contribution in [-0.2, 0) is 4.79 Å². The third-order valence-electron chi connectivity index (χ3n) is 6.79. The third kappa shape index (κ3) is 4.69. The lowest BCUT2D eigenvalue weighted by Gasteiger charge is -2.32. The highest BCUT2D eigenvalue weighted by atomic mass is 16.5. The Labute approximate surface area is 183 Å². The number of allylic oxidation sites excluding steroid dienone is 2. The van der Waals surface area contributed by atoms with Crippen molar-refractivity contribution in [1.29, 1.82) is 0 Å². The van der Waals surface area contributed by atoms with Crippen LogP contribution >= 0.6 is 0 Å². The minimum Gasteiger partial charge on any atom is -0.463 e. The summed E-state index contributed by atoms with van der Waals surface area (Å²) in [6.07, 6.45) is 13.9. The lowest BCUT2D eigenvalue weighted by atomic mass is 9.86. The Morgan fingerprint density at radius 2 is 2.03 bits per heavy atom. The molecule has 1 aromatic rings. The Morgan fingerprint density at radius 3 is 2.81 bits per heavy atom. The van der Waals surface area contributed by atoms with Gasteiger partial charge in [0.15, 0.2) is 11.6 Å². The molecule has 31 heavy (non-hydrogen) atoms. The molecule has 0 bridgehead atoms. The number of fused-ring (bicyclic) bond motifs is 1. The molecule has 166 valence electrons. The van der Waals surface area contributed by atoms with Crippen LogP contribution in [0.15, 0.2) is 23.8 Å². The van der Waals surface area contributed by atoms with E-state index in [1.165, 1.54) is 50.8 Å². The van der Waals surface area contributed by atoms with Gasteiger partial charge in [0.2, 0.25) is 5.91 Å². The zero-order chi connectivity index (χ0) is 21.2. The fourth-order valence-corrected chi connectivity index (χ4v) is 4.87. The van der Waals surface area contributed by atoms with Gasteiger partial charge in [-0.1, -0.05) is 30.2 Å². The number of nitrogens with one attached hydrogen (secondary N) is 1. The SMILES string of the molecule is Nc1nc(OCC2CCC2)nc2c1NC(=O)CN2CC1=CC=CC(CN2CCCC2)C1. The van der Waals surface area contributed by atoms with Crippen LogP contribution in [0.3, 0.4) is 0 Å². The van der Waals surface area contributed by atoms with Gasteiger partial charge in [0.1, 0.15) is 5.69 Å². The summed E-state index contributed by atoms with van der Waals surface area (Å²) in [7, 11) is 0. The molecule has 2 aliphatic carbocycles. The molecule has 0 aromatic carbocycles. The number of amides is 1. The van der Waals surface area contributed by atoms with Crippen LogP contribution in [-0.4, -0.2) is 60.1 Å². The Hall–Kier alpha value is -2.61. The van der Waals surface area contributed by atoms with Crippen LogP contribution in [0.1, 0.15) is 38.5 Å². The van der Waals surface area contributed by atoms with E-state index < -0.39 is 0 Å². The molecule has 5 rings (SSSR count). The predicted octanol–water partition coefficient (Wildman–Crippen LogP) is 2.59. The van der Waals surface area contributed by atoms with Crippen molar-refractivity contribution < 1.29 is 9.53 Å². The number of hydrogen-bond donors (Lipinski definition) is 2. The van der Waals surface area contributed by atoms with Crippen molar-refractivity contribution in [3.05, 3.63) is 23.8 Å². The molecule has 2 fully saturated rings. The maximum atomic E-state index is 12.3. The second kappa shape index (κ2) is 8.86. The van der Waals surface area contributed by atoms with Gasteiger partial charge in [0.25, 0.3) is 0 Å². The van der Waals surface area contributed by atoms with Gasteiger partial charge in [0.05, 0.1) is 13.2 Å². The number of nitrogen functional groups attached to an aromatic ring is 1. The normalized spacial score (nSPS) is 23.9. The first-order valence-corrected chi connectivity index (χ1v) is 11.6. The van der Waals surface area contributed by atoms with Crippen molar-refractivity contribution >= 4 is 23.2 Å². The van der Waals surface area contributed by atoms with E-state index in [9.17, 15) is 4.79 Å². The molecular weight excluding hydrogens is 392 g/mol. The number of hydrogen-bond acceptors (Lipinski definition) is 7. The lowest BCUT2D eigenvalue weighted by Crippen LogP contribution is -2.41. The van der Waals surface area contributed by atoms with Crippen LogP contribution in [0.4, 0.5) is 17.3 Å². The van der Waals surface area contributed by atoms with Crippen LogP contribution in [0.5, 0.6) is 6.01 Å². The average molecular weight is 425 g/mol. The molecule has 8 nitrogen and oxygen atoms in total. The summed E-state index contributed by atoms with van der Waals surface area (Å²) in [6, 6.07) is 0.300. The molecule has 4 aliphatic rings. The summed E-state index contributed by atoms with van der Waals surface area (Å²) >= 11 is 0. The van der Waals surface area contributed by atoms with Gasteiger partial charge in [-0.3, -0.25) is 4.79 Å². The van der Waals surface area contributed by atoms with Crippen LogP contribution < -0.4 is 20.7 Å². The monoisotopic (exact) mass is 424 g/mol. The smallest absolute Gasteiger partial charge is 0.320 e. The molecule has 1 aromatic heterocycles. The number of ether oxygens (including phenoxy) is 1. The first-order chi connectivity index (χ1) is 15.1. The average Bonchev–Trinajstić information content (AvgIpc) is 3.21. The number of nitrogens with two attached hydrogens (primary N) is 1. The molecule has 0 spiro atoms. The fourth-order valence-electron chi connectivity index (χ4n) is 4.87. The minimum absolute atomic E-state index is 0.0912. The summed E-state index contributed by atoms with van der Waals surface area (Å²) in [5.41, 5.74) is 7.96.